The summed E-state index contributed by atoms with van der Waals surface area (Å²) in [7, 11) is -3.30. The zero-order valence-electron chi connectivity index (χ0n) is 13.6. The molecular weight excluding hydrogens is 286 g/mol. The maximum Gasteiger partial charge on any atom is 0.282 e. The van der Waals surface area contributed by atoms with Gasteiger partial charge in [-0.2, -0.15) is 17.0 Å². The van der Waals surface area contributed by atoms with E-state index < -0.39 is 10.2 Å². The molecular formula is C15H31N3O2S. The van der Waals surface area contributed by atoms with Crippen LogP contribution >= 0.6 is 0 Å². The smallest absolute Gasteiger partial charge is 0.282 e. The Hall–Kier alpha value is -0.170. The summed E-state index contributed by atoms with van der Waals surface area (Å²) < 4.78 is 29.5. The Kier molecular flexibility index (Phi) is 6.47. The van der Waals surface area contributed by atoms with Crippen molar-refractivity contribution in [1.82, 2.24) is 13.9 Å². The van der Waals surface area contributed by atoms with Gasteiger partial charge in [-0.25, -0.2) is 0 Å². The van der Waals surface area contributed by atoms with Gasteiger partial charge in [-0.3, -0.25) is 0 Å². The van der Waals surface area contributed by atoms with Crippen LogP contribution in [0, 0.1) is 5.92 Å². The van der Waals surface area contributed by atoms with Crippen molar-refractivity contribution in [2.45, 2.75) is 58.4 Å². The van der Waals surface area contributed by atoms with Gasteiger partial charge in [0.2, 0.25) is 0 Å². The Morgan fingerprint density at radius 2 is 2.05 bits per heavy atom. The minimum atomic E-state index is -3.30. The third kappa shape index (κ3) is 4.41. The number of nitrogens with one attached hydrogen (secondary N) is 1. The van der Waals surface area contributed by atoms with Gasteiger partial charge >= 0.3 is 0 Å². The first-order valence-electron chi connectivity index (χ1n) is 8.53. The Balaban J connectivity index is 2.07. The molecule has 6 heteroatoms. The molecule has 2 aliphatic heterocycles. The van der Waals surface area contributed by atoms with Gasteiger partial charge in [-0.15, -0.1) is 0 Å². The molecule has 2 saturated heterocycles. The number of hydrogen-bond donors (Lipinski definition) is 1. The molecule has 1 N–H and O–H groups in total. The molecule has 0 spiro atoms. The lowest BCUT2D eigenvalue weighted by molar-refractivity contribution is 0.228. The quantitative estimate of drug-likeness (QED) is 0.813. The molecule has 5 nitrogen and oxygen atoms in total. The van der Waals surface area contributed by atoms with Crippen LogP contribution in [0.1, 0.15) is 52.4 Å². The third-order valence-electron chi connectivity index (χ3n) is 4.70. The molecule has 2 unspecified atom stereocenters. The van der Waals surface area contributed by atoms with E-state index in [-0.39, 0.29) is 6.04 Å². The van der Waals surface area contributed by atoms with Crippen LogP contribution in [0.5, 0.6) is 0 Å². The van der Waals surface area contributed by atoms with Gasteiger partial charge in [0.1, 0.15) is 0 Å². The zero-order chi connectivity index (χ0) is 15.3. The second-order valence-corrected chi connectivity index (χ2v) is 8.41. The van der Waals surface area contributed by atoms with Crippen LogP contribution in [-0.4, -0.2) is 55.8 Å². The summed E-state index contributed by atoms with van der Waals surface area (Å²) in [6, 6.07) is 0.146. The average molecular weight is 317 g/mol. The fourth-order valence-electron chi connectivity index (χ4n) is 3.48. The van der Waals surface area contributed by atoms with E-state index in [1.807, 2.05) is 6.92 Å². The molecule has 0 radical (unpaired) electrons. The second-order valence-electron chi connectivity index (χ2n) is 6.53. The van der Waals surface area contributed by atoms with Crippen LogP contribution in [-0.2, 0) is 10.2 Å². The van der Waals surface area contributed by atoms with Gasteiger partial charge < -0.3 is 5.32 Å². The van der Waals surface area contributed by atoms with Gasteiger partial charge in [0.25, 0.3) is 10.2 Å². The number of nitrogens with zero attached hydrogens (tertiary/aromatic N) is 2. The fraction of sp³-hybridized carbons (Fsp3) is 1.00. The number of hydrogen-bond acceptors (Lipinski definition) is 3. The highest BCUT2D eigenvalue weighted by molar-refractivity contribution is 7.86. The number of rotatable bonds is 6. The second kappa shape index (κ2) is 7.90. The van der Waals surface area contributed by atoms with Crippen LogP contribution in [0.25, 0.3) is 0 Å². The Labute approximate surface area is 130 Å². The van der Waals surface area contributed by atoms with Gasteiger partial charge in [-0.05, 0) is 58.0 Å². The molecule has 0 amide bonds. The van der Waals surface area contributed by atoms with Gasteiger partial charge in [0.05, 0.1) is 0 Å². The van der Waals surface area contributed by atoms with Crippen molar-refractivity contribution in [3.05, 3.63) is 0 Å². The van der Waals surface area contributed by atoms with Crippen molar-refractivity contribution < 1.29 is 8.42 Å². The first-order valence-corrected chi connectivity index (χ1v) is 9.93. The van der Waals surface area contributed by atoms with Crippen LogP contribution in [0.3, 0.4) is 0 Å². The monoisotopic (exact) mass is 317 g/mol. The summed E-state index contributed by atoms with van der Waals surface area (Å²) in [4.78, 5) is 0. The highest BCUT2D eigenvalue weighted by atomic mass is 32.2. The topological polar surface area (TPSA) is 52.7 Å². The molecule has 124 valence electrons. The molecule has 0 saturated carbocycles. The molecule has 2 heterocycles. The SMILES string of the molecule is CCCN(CC1CCCNC1)S(=O)(=O)N1CCCCC1C. The molecule has 0 aromatic heterocycles. The Morgan fingerprint density at radius 1 is 1.24 bits per heavy atom. The summed E-state index contributed by atoms with van der Waals surface area (Å²) in [6.45, 7) is 8.12. The molecule has 21 heavy (non-hydrogen) atoms. The van der Waals surface area contributed by atoms with E-state index in [9.17, 15) is 8.42 Å². The van der Waals surface area contributed by atoms with Crippen LogP contribution < -0.4 is 5.32 Å². The van der Waals surface area contributed by atoms with Crippen LogP contribution in [0.4, 0.5) is 0 Å². The van der Waals surface area contributed by atoms with Crippen LogP contribution in [0.15, 0.2) is 0 Å². The predicted molar refractivity (Wildman–Crippen MR) is 86.4 cm³/mol. The van der Waals surface area contributed by atoms with E-state index in [2.05, 4.69) is 12.2 Å². The lowest BCUT2D eigenvalue weighted by atomic mass is 10.00. The van der Waals surface area contributed by atoms with Gasteiger partial charge in [-0.1, -0.05) is 13.3 Å². The Morgan fingerprint density at radius 3 is 2.67 bits per heavy atom. The third-order valence-corrected chi connectivity index (χ3v) is 6.82. The molecule has 0 aromatic carbocycles. The summed E-state index contributed by atoms with van der Waals surface area (Å²) >= 11 is 0. The zero-order valence-corrected chi connectivity index (χ0v) is 14.4. The Bertz CT molecular complexity index is 407. The van der Waals surface area contributed by atoms with Gasteiger partial charge in [0.15, 0.2) is 0 Å². The summed E-state index contributed by atoms with van der Waals surface area (Å²) in [5, 5.41) is 3.39. The van der Waals surface area contributed by atoms with E-state index in [1.165, 1.54) is 0 Å². The lowest BCUT2D eigenvalue weighted by Crippen LogP contribution is -2.51. The molecule has 0 aliphatic carbocycles. The van der Waals surface area contributed by atoms with Gasteiger partial charge in [0, 0.05) is 25.7 Å². The molecule has 2 fully saturated rings. The molecule has 0 aromatic rings. The maximum atomic E-state index is 13.0. The normalized spacial score (nSPS) is 28.9. The van der Waals surface area contributed by atoms with Crippen molar-refractivity contribution in [2.75, 3.05) is 32.7 Å². The number of piperidine rings is 2. The highest BCUT2D eigenvalue weighted by Crippen LogP contribution is 2.24. The summed E-state index contributed by atoms with van der Waals surface area (Å²) in [5.74, 6) is 0.458. The van der Waals surface area contributed by atoms with E-state index in [1.54, 1.807) is 8.61 Å². The summed E-state index contributed by atoms with van der Waals surface area (Å²) in [5.41, 5.74) is 0. The highest BCUT2D eigenvalue weighted by Gasteiger charge is 2.35. The van der Waals surface area contributed by atoms with Crippen molar-refractivity contribution in [3.8, 4) is 0 Å². The standard InChI is InChI=1S/C15H31N3O2S/c1-3-10-17(13-15-8-6-9-16-12-15)21(19,20)18-11-5-4-7-14(18)2/h14-16H,3-13H2,1-2H3. The maximum absolute atomic E-state index is 13.0. The molecule has 2 rings (SSSR count). The fourth-order valence-corrected chi connectivity index (χ4v) is 5.51. The molecule has 2 atom stereocenters. The lowest BCUT2D eigenvalue weighted by Gasteiger charge is -2.38. The molecule has 2 aliphatic rings. The van der Waals surface area contributed by atoms with E-state index in [0.29, 0.717) is 25.6 Å². The minimum absolute atomic E-state index is 0.146. The van der Waals surface area contributed by atoms with E-state index in [4.69, 9.17) is 0 Å². The van der Waals surface area contributed by atoms with Crippen molar-refractivity contribution in [1.29, 1.82) is 0 Å². The first kappa shape index (κ1) is 17.2. The predicted octanol–water partition coefficient (Wildman–Crippen LogP) is 1.82. The minimum Gasteiger partial charge on any atom is -0.316 e. The van der Waals surface area contributed by atoms with Crippen molar-refractivity contribution >= 4 is 10.2 Å². The average Bonchev–Trinajstić information content (AvgIpc) is 2.48. The first-order chi connectivity index (χ1) is 10.1. The van der Waals surface area contributed by atoms with E-state index >= 15 is 0 Å². The van der Waals surface area contributed by atoms with E-state index in [0.717, 1.165) is 51.6 Å². The summed E-state index contributed by atoms with van der Waals surface area (Å²) in [6.07, 6.45) is 6.30. The van der Waals surface area contributed by atoms with Crippen LogP contribution in [0.2, 0.25) is 0 Å². The largest absolute Gasteiger partial charge is 0.316 e. The molecule has 0 bridgehead atoms. The van der Waals surface area contributed by atoms with Crippen molar-refractivity contribution in [2.24, 2.45) is 5.92 Å². The van der Waals surface area contributed by atoms with Crippen molar-refractivity contribution in [3.63, 3.8) is 0 Å².